The number of nitrogens with zero attached hydrogens (tertiary/aromatic N) is 2. The van der Waals surface area contributed by atoms with Gasteiger partial charge in [-0.25, -0.2) is 0 Å². The van der Waals surface area contributed by atoms with Gasteiger partial charge in [-0.2, -0.15) is 0 Å². The molecule has 3 rings (SSSR count). The molecule has 7 nitrogen and oxygen atoms in total. The van der Waals surface area contributed by atoms with Crippen LogP contribution in [0.4, 0.5) is 11.4 Å². The van der Waals surface area contributed by atoms with E-state index in [1.54, 1.807) is 47.4 Å². The first-order valence-electron chi connectivity index (χ1n) is 8.82. The van der Waals surface area contributed by atoms with Gasteiger partial charge in [-0.1, -0.05) is 11.6 Å². The fourth-order valence-corrected chi connectivity index (χ4v) is 2.83. The number of benzene rings is 2. The van der Waals surface area contributed by atoms with E-state index >= 15 is 0 Å². The number of halogens is 1. The third-order valence-electron chi connectivity index (χ3n) is 4.14. The molecule has 0 saturated carbocycles. The maximum Gasteiger partial charge on any atom is 0.265 e. The van der Waals surface area contributed by atoms with Gasteiger partial charge in [0.1, 0.15) is 11.5 Å². The largest absolute Gasteiger partial charge is 0.484 e. The summed E-state index contributed by atoms with van der Waals surface area (Å²) in [5, 5.41) is 3.38. The van der Waals surface area contributed by atoms with Crippen molar-refractivity contribution < 1.29 is 19.1 Å². The van der Waals surface area contributed by atoms with E-state index in [0.29, 0.717) is 34.4 Å². The van der Waals surface area contributed by atoms with Gasteiger partial charge in [-0.3, -0.25) is 9.59 Å². The molecule has 28 heavy (non-hydrogen) atoms. The molecule has 2 amide bonds. The Kier molecular flexibility index (Phi) is 6.38. The van der Waals surface area contributed by atoms with Crippen molar-refractivity contribution in [3.63, 3.8) is 0 Å². The van der Waals surface area contributed by atoms with Crippen LogP contribution in [-0.2, 0) is 9.59 Å². The van der Waals surface area contributed by atoms with Crippen LogP contribution >= 0.6 is 11.6 Å². The SMILES string of the molecule is CN(C)CCN1C(=O)COc2ccc(NC(=O)COc3ccc(Cl)cc3)cc21. The first kappa shape index (κ1) is 20.0. The van der Waals surface area contributed by atoms with Crippen molar-refractivity contribution in [1.82, 2.24) is 4.90 Å². The molecule has 8 heteroatoms. The van der Waals surface area contributed by atoms with Crippen molar-refractivity contribution in [1.29, 1.82) is 0 Å². The Balaban J connectivity index is 1.65. The summed E-state index contributed by atoms with van der Waals surface area (Å²) < 4.78 is 10.9. The van der Waals surface area contributed by atoms with Gasteiger partial charge >= 0.3 is 0 Å². The fraction of sp³-hybridized carbons (Fsp3) is 0.300. The van der Waals surface area contributed by atoms with Gasteiger partial charge in [-0.05, 0) is 56.6 Å². The zero-order valence-corrected chi connectivity index (χ0v) is 16.5. The lowest BCUT2D eigenvalue weighted by atomic mass is 10.2. The summed E-state index contributed by atoms with van der Waals surface area (Å²) in [6.45, 7) is 1.13. The highest BCUT2D eigenvalue weighted by Crippen LogP contribution is 2.34. The van der Waals surface area contributed by atoms with Crippen molar-refractivity contribution in [3.8, 4) is 11.5 Å². The summed E-state index contributed by atoms with van der Waals surface area (Å²) >= 11 is 5.83. The van der Waals surface area contributed by atoms with E-state index in [9.17, 15) is 9.59 Å². The average molecular weight is 404 g/mol. The van der Waals surface area contributed by atoms with Gasteiger partial charge in [-0.15, -0.1) is 0 Å². The summed E-state index contributed by atoms with van der Waals surface area (Å²) in [5.41, 5.74) is 1.21. The van der Waals surface area contributed by atoms with E-state index in [1.165, 1.54) is 0 Å². The minimum atomic E-state index is -0.308. The number of fused-ring (bicyclic) bond motifs is 1. The third-order valence-corrected chi connectivity index (χ3v) is 4.39. The molecule has 0 atom stereocenters. The summed E-state index contributed by atoms with van der Waals surface area (Å²) in [7, 11) is 3.90. The highest BCUT2D eigenvalue weighted by atomic mass is 35.5. The van der Waals surface area contributed by atoms with Crippen molar-refractivity contribution in [2.24, 2.45) is 0 Å². The molecule has 0 bridgehead atoms. The first-order chi connectivity index (χ1) is 13.4. The summed E-state index contributed by atoms with van der Waals surface area (Å²) in [6.07, 6.45) is 0. The number of hydrogen-bond acceptors (Lipinski definition) is 5. The normalized spacial score (nSPS) is 13.1. The minimum absolute atomic E-state index is 0.0149. The average Bonchev–Trinajstić information content (AvgIpc) is 2.66. The monoisotopic (exact) mass is 403 g/mol. The van der Waals surface area contributed by atoms with Crippen LogP contribution in [0.25, 0.3) is 0 Å². The number of ether oxygens (including phenoxy) is 2. The lowest BCUT2D eigenvalue weighted by Gasteiger charge is -2.30. The number of carbonyl (C=O) groups is 2. The molecule has 1 N–H and O–H groups in total. The number of hydrogen-bond donors (Lipinski definition) is 1. The summed E-state index contributed by atoms with van der Waals surface area (Å²) in [4.78, 5) is 28.1. The van der Waals surface area contributed by atoms with E-state index < -0.39 is 0 Å². The highest BCUT2D eigenvalue weighted by molar-refractivity contribution is 6.30. The van der Waals surface area contributed by atoms with Gasteiger partial charge in [0, 0.05) is 23.8 Å². The van der Waals surface area contributed by atoms with Crippen LogP contribution < -0.4 is 19.7 Å². The van der Waals surface area contributed by atoms with E-state index in [4.69, 9.17) is 21.1 Å². The van der Waals surface area contributed by atoms with Crippen molar-refractivity contribution >= 4 is 34.8 Å². The number of likely N-dealkylation sites (N-methyl/N-ethyl adjacent to an activating group) is 1. The Morgan fingerprint density at radius 1 is 1.25 bits per heavy atom. The van der Waals surface area contributed by atoms with Crippen LogP contribution in [-0.4, -0.2) is 57.1 Å². The number of rotatable bonds is 7. The van der Waals surface area contributed by atoms with E-state index in [2.05, 4.69) is 5.32 Å². The predicted octanol–water partition coefficient (Wildman–Crippen LogP) is 2.64. The molecule has 0 saturated heterocycles. The van der Waals surface area contributed by atoms with Crippen LogP contribution in [0.15, 0.2) is 42.5 Å². The third kappa shape index (κ3) is 5.15. The molecular formula is C20H22ClN3O4. The Labute approximate surface area is 168 Å². The number of anilines is 2. The molecule has 148 valence electrons. The molecule has 2 aromatic carbocycles. The van der Waals surface area contributed by atoms with Crippen LogP contribution in [0.5, 0.6) is 11.5 Å². The number of carbonyl (C=O) groups excluding carboxylic acids is 2. The smallest absolute Gasteiger partial charge is 0.265 e. The lowest BCUT2D eigenvalue weighted by Crippen LogP contribution is -2.42. The summed E-state index contributed by atoms with van der Waals surface area (Å²) in [5.74, 6) is 0.759. The highest BCUT2D eigenvalue weighted by Gasteiger charge is 2.25. The molecule has 1 aliphatic rings. The molecule has 0 fully saturated rings. The molecule has 0 aromatic heterocycles. The molecule has 1 heterocycles. The van der Waals surface area contributed by atoms with Crippen LogP contribution in [0, 0.1) is 0 Å². The van der Waals surface area contributed by atoms with Gasteiger partial charge < -0.3 is 24.6 Å². The van der Waals surface area contributed by atoms with Gasteiger partial charge in [0.25, 0.3) is 11.8 Å². The molecule has 2 aromatic rings. The second-order valence-electron chi connectivity index (χ2n) is 6.61. The first-order valence-corrected chi connectivity index (χ1v) is 9.20. The molecule has 1 aliphatic heterocycles. The van der Waals surface area contributed by atoms with Crippen LogP contribution in [0.2, 0.25) is 5.02 Å². The lowest BCUT2D eigenvalue weighted by molar-refractivity contribution is -0.121. The second-order valence-corrected chi connectivity index (χ2v) is 7.05. The Bertz CT molecular complexity index is 855. The predicted molar refractivity (Wildman–Crippen MR) is 108 cm³/mol. The van der Waals surface area contributed by atoms with Crippen LogP contribution in [0.1, 0.15) is 0 Å². The van der Waals surface area contributed by atoms with Crippen molar-refractivity contribution in [3.05, 3.63) is 47.5 Å². The second kappa shape index (κ2) is 8.95. The van der Waals surface area contributed by atoms with Gasteiger partial charge in [0.15, 0.2) is 13.2 Å². The number of amides is 2. The Morgan fingerprint density at radius 3 is 2.71 bits per heavy atom. The zero-order valence-electron chi connectivity index (χ0n) is 15.8. The van der Waals surface area contributed by atoms with Crippen molar-refractivity contribution in [2.45, 2.75) is 0 Å². The maximum atomic E-state index is 12.3. The standard InChI is InChI=1S/C20H22ClN3O4/c1-23(2)9-10-24-17-11-15(5-8-18(17)28-13-20(24)26)22-19(25)12-27-16-6-3-14(21)4-7-16/h3-8,11H,9-10,12-13H2,1-2H3,(H,22,25). The van der Waals surface area contributed by atoms with Gasteiger partial charge in [0.2, 0.25) is 0 Å². The fourth-order valence-electron chi connectivity index (χ4n) is 2.70. The van der Waals surface area contributed by atoms with Gasteiger partial charge in [0.05, 0.1) is 5.69 Å². The molecule has 0 aliphatic carbocycles. The van der Waals surface area contributed by atoms with E-state index in [1.807, 2.05) is 19.0 Å². The quantitative estimate of drug-likeness (QED) is 0.769. The zero-order chi connectivity index (χ0) is 20.1. The van der Waals surface area contributed by atoms with Crippen LogP contribution in [0.3, 0.4) is 0 Å². The number of nitrogens with one attached hydrogen (secondary N) is 1. The molecule has 0 spiro atoms. The minimum Gasteiger partial charge on any atom is -0.484 e. The van der Waals surface area contributed by atoms with E-state index in [-0.39, 0.29) is 25.0 Å². The maximum absolute atomic E-state index is 12.3. The summed E-state index contributed by atoms with van der Waals surface area (Å²) in [6, 6.07) is 12.0. The Morgan fingerprint density at radius 2 is 2.00 bits per heavy atom. The topological polar surface area (TPSA) is 71.1 Å². The van der Waals surface area contributed by atoms with Crippen molar-refractivity contribution in [2.75, 3.05) is 50.6 Å². The Hall–Kier alpha value is -2.77. The molecule has 0 radical (unpaired) electrons. The van der Waals surface area contributed by atoms with E-state index in [0.717, 1.165) is 6.54 Å². The molecule has 0 unspecified atom stereocenters. The molecular weight excluding hydrogens is 382 g/mol.